The fourth-order valence-corrected chi connectivity index (χ4v) is 9.72. The van der Waals surface area contributed by atoms with Gasteiger partial charge in [0.15, 0.2) is 0 Å². The molecule has 0 heterocycles. The van der Waals surface area contributed by atoms with Crippen molar-refractivity contribution in [2.24, 2.45) is 63.5 Å². The highest BCUT2D eigenvalue weighted by molar-refractivity contribution is 5.15. The first kappa shape index (κ1) is 30.7. The maximum atomic E-state index is 10.2. The standard InChI is InChI=1S/C31H59N3O4/c1-21(20-35)24-7-8-25-29-26(19-28(31(24,25)3)38-16-6-13-34)30(2)10-9-23(36-14-4-11-32)17-22(30)18-27(29)37-15-5-12-33/h21-29,35H,4-20,32-34H2,1-3H3/t21-,22?,23-,24?,25+,26+,27-,28+,29?,30+,31?/m1/s1. The van der Waals surface area contributed by atoms with Crippen LogP contribution < -0.4 is 17.2 Å². The van der Waals surface area contributed by atoms with E-state index < -0.39 is 0 Å². The summed E-state index contributed by atoms with van der Waals surface area (Å²) in [6, 6.07) is 0. The molecule has 7 nitrogen and oxygen atoms in total. The molecule has 222 valence electrons. The Morgan fingerprint density at radius 2 is 1.47 bits per heavy atom. The Morgan fingerprint density at radius 1 is 0.816 bits per heavy atom. The molecule has 4 rings (SSSR count). The molecule has 4 aliphatic carbocycles. The van der Waals surface area contributed by atoms with E-state index in [1.54, 1.807) is 0 Å². The number of ether oxygens (including phenoxy) is 3. The average molecular weight is 538 g/mol. The van der Waals surface area contributed by atoms with Gasteiger partial charge in [-0.15, -0.1) is 0 Å². The highest BCUT2D eigenvalue weighted by Gasteiger charge is 2.66. The van der Waals surface area contributed by atoms with Crippen molar-refractivity contribution in [3.63, 3.8) is 0 Å². The summed E-state index contributed by atoms with van der Waals surface area (Å²) in [7, 11) is 0. The van der Waals surface area contributed by atoms with Gasteiger partial charge >= 0.3 is 0 Å². The molecule has 4 unspecified atom stereocenters. The van der Waals surface area contributed by atoms with Crippen LogP contribution in [0.1, 0.15) is 85.0 Å². The molecule has 4 aliphatic rings. The fourth-order valence-electron chi connectivity index (χ4n) is 9.72. The Kier molecular flexibility index (Phi) is 11.0. The molecule has 38 heavy (non-hydrogen) atoms. The molecule has 7 heteroatoms. The molecule has 0 aliphatic heterocycles. The number of rotatable bonds is 14. The lowest BCUT2D eigenvalue weighted by atomic mass is 9.43. The van der Waals surface area contributed by atoms with Crippen LogP contribution in [0.4, 0.5) is 0 Å². The van der Waals surface area contributed by atoms with Gasteiger partial charge in [0.05, 0.1) is 18.3 Å². The lowest BCUT2D eigenvalue weighted by Gasteiger charge is -2.64. The third kappa shape index (κ3) is 5.86. The Balaban J connectivity index is 1.64. The van der Waals surface area contributed by atoms with E-state index >= 15 is 0 Å². The molecule has 0 aromatic rings. The van der Waals surface area contributed by atoms with Gasteiger partial charge in [-0.1, -0.05) is 20.8 Å². The van der Waals surface area contributed by atoms with E-state index in [2.05, 4.69) is 20.8 Å². The second kappa shape index (κ2) is 13.6. The van der Waals surface area contributed by atoms with Crippen LogP contribution in [0.2, 0.25) is 0 Å². The summed E-state index contributed by atoms with van der Waals surface area (Å²) in [5.74, 6) is 3.04. The third-order valence-electron chi connectivity index (χ3n) is 11.8. The number of aliphatic hydroxyl groups excluding tert-OH is 1. The SMILES string of the molecule is C[C@H](CO)C1CC[C@H]2C3[C@H](OCCCN)CC4C[C@H](OCCCN)CC[C@]4(C)[C@H]3C[C@H](OCCCN)C12C. The summed E-state index contributed by atoms with van der Waals surface area (Å²) in [6.45, 7) is 11.9. The Hall–Kier alpha value is -0.280. The quantitative estimate of drug-likeness (QED) is 0.249. The van der Waals surface area contributed by atoms with Gasteiger partial charge in [0.2, 0.25) is 0 Å². The first-order valence-corrected chi connectivity index (χ1v) is 15.9. The molecule has 0 aromatic carbocycles. The summed E-state index contributed by atoms with van der Waals surface area (Å²) in [6.07, 6.45) is 11.7. The number of fused-ring (bicyclic) bond motifs is 5. The second-order valence-electron chi connectivity index (χ2n) is 13.6. The van der Waals surface area contributed by atoms with Gasteiger partial charge in [-0.2, -0.15) is 0 Å². The summed E-state index contributed by atoms with van der Waals surface area (Å²) in [5.41, 5.74) is 17.8. The molecule has 7 N–H and O–H groups in total. The summed E-state index contributed by atoms with van der Waals surface area (Å²) >= 11 is 0. The molecule has 0 saturated heterocycles. The van der Waals surface area contributed by atoms with Crippen LogP contribution in [0.15, 0.2) is 0 Å². The first-order valence-electron chi connectivity index (χ1n) is 15.9. The second-order valence-corrected chi connectivity index (χ2v) is 13.6. The first-order chi connectivity index (χ1) is 18.3. The van der Waals surface area contributed by atoms with E-state index in [9.17, 15) is 5.11 Å². The van der Waals surface area contributed by atoms with Crippen LogP contribution in [-0.4, -0.2) is 69.5 Å². The minimum atomic E-state index is 0.0547. The van der Waals surface area contributed by atoms with E-state index in [0.717, 1.165) is 64.8 Å². The highest BCUT2D eigenvalue weighted by Crippen LogP contribution is 2.69. The van der Waals surface area contributed by atoms with Gasteiger partial charge in [0.25, 0.3) is 0 Å². The number of nitrogens with two attached hydrogens (primary N) is 3. The zero-order chi connectivity index (χ0) is 27.3. The van der Waals surface area contributed by atoms with Gasteiger partial charge in [0.1, 0.15) is 0 Å². The van der Waals surface area contributed by atoms with Gasteiger partial charge in [-0.25, -0.2) is 0 Å². The fraction of sp³-hybridized carbons (Fsp3) is 1.00. The van der Waals surface area contributed by atoms with Crippen molar-refractivity contribution in [2.45, 2.75) is 103 Å². The number of hydrogen-bond acceptors (Lipinski definition) is 7. The monoisotopic (exact) mass is 537 g/mol. The van der Waals surface area contributed by atoms with Crippen LogP contribution in [-0.2, 0) is 14.2 Å². The van der Waals surface area contributed by atoms with Gasteiger partial charge in [0, 0.05) is 31.8 Å². The van der Waals surface area contributed by atoms with Crippen LogP contribution >= 0.6 is 0 Å². The van der Waals surface area contributed by atoms with Crippen molar-refractivity contribution in [3.05, 3.63) is 0 Å². The lowest BCUT2D eigenvalue weighted by Crippen LogP contribution is -2.63. The average Bonchev–Trinajstić information content (AvgIpc) is 3.27. The maximum absolute atomic E-state index is 10.2. The maximum Gasteiger partial charge on any atom is 0.0637 e. The van der Waals surface area contributed by atoms with Gasteiger partial charge in [-0.05, 0) is 125 Å². The van der Waals surface area contributed by atoms with Gasteiger partial charge in [-0.3, -0.25) is 0 Å². The van der Waals surface area contributed by atoms with E-state index in [-0.39, 0.29) is 35.6 Å². The molecular formula is C31H59N3O4. The molecular weight excluding hydrogens is 478 g/mol. The molecule has 0 aromatic heterocycles. The van der Waals surface area contributed by atoms with Crippen molar-refractivity contribution in [1.82, 2.24) is 0 Å². The van der Waals surface area contributed by atoms with E-state index in [4.69, 9.17) is 31.4 Å². The molecule has 0 amide bonds. The third-order valence-corrected chi connectivity index (χ3v) is 11.8. The summed E-state index contributed by atoms with van der Waals surface area (Å²) < 4.78 is 19.9. The van der Waals surface area contributed by atoms with E-state index in [1.807, 2.05) is 0 Å². The van der Waals surface area contributed by atoms with Crippen LogP contribution in [0.5, 0.6) is 0 Å². The minimum Gasteiger partial charge on any atom is -0.396 e. The van der Waals surface area contributed by atoms with Crippen molar-refractivity contribution in [3.8, 4) is 0 Å². The van der Waals surface area contributed by atoms with Gasteiger partial charge < -0.3 is 36.5 Å². The molecule has 4 fully saturated rings. The normalized spacial score (nSPS) is 43.3. The van der Waals surface area contributed by atoms with Crippen LogP contribution in [0, 0.1) is 46.3 Å². The molecule has 11 atom stereocenters. The van der Waals surface area contributed by atoms with Crippen LogP contribution in [0.3, 0.4) is 0 Å². The Labute approximate surface area is 232 Å². The van der Waals surface area contributed by atoms with Crippen molar-refractivity contribution < 1.29 is 19.3 Å². The topological polar surface area (TPSA) is 126 Å². The summed E-state index contributed by atoms with van der Waals surface area (Å²) in [5, 5.41) is 10.2. The van der Waals surface area contributed by atoms with E-state index in [0.29, 0.717) is 55.3 Å². The zero-order valence-corrected chi connectivity index (χ0v) is 24.6. The Bertz CT molecular complexity index is 727. The van der Waals surface area contributed by atoms with Crippen molar-refractivity contribution >= 4 is 0 Å². The number of aliphatic hydroxyl groups is 1. The highest BCUT2D eigenvalue weighted by atomic mass is 16.5. The van der Waals surface area contributed by atoms with Crippen LogP contribution in [0.25, 0.3) is 0 Å². The predicted octanol–water partition coefficient (Wildman–Crippen LogP) is 3.70. The predicted molar refractivity (Wildman–Crippen MR) is 152 cm³/mol. The largest absolute Gasteiger partial charge is 0.396 e. The molecule has 0 radical (unpaired) electrons. The van der Waals surface area contributed by atoms with E-state index in [1.165, 1.54) is 19.3 Å². The zero-order valence-electron chi connectivity index (χ0n) is 24.6. The van der Waals surface area contributed by atoms with Crippen molar-refractivity contribution in [1.29, 1.82) is 0 Å². The molecule has 0 bridgehead atoms. The minimum absolute atomic E-state index is 0.0547. The Morgan fingerprint density at radius 3 is 2.13 bits per heavy atom. The molecule has 0 spiro atoms. The number of hydrogen-bond donors (Lipinski definition) is 4. The lowest BCUT2D eigenvalue weighted by molar-refractivity contribution is -0.228. The summed E-state index contributed by atoms with van der Waals surface area (Å²) in [4.78, 5) is 0. The van der Waals surface area contributed by atoms with Crippen molar-refractivity contribution in [2.75, 3.05) is 46.1 Å². The smallest absolute Gasteiger partial charge is 0.0637 e. The molecule has 4 saturated carbocycles.